The Bertz CT molecular complexity index is 1400. The molecule has 1 aliphatic rings. The molecule has 3 aromatic carbocycles. The van der Waals surface area contributed by atoms with Gasteiger partial charge in [0.15, 0.2) is 5.78 Å². The quantitative estimate of drug-likeness (QED) is 0.187. The molecule has 220 valence electrons. The molecule has 0 bridgehead atoms. The molecular weight excluding hydrogens is 616 g/mol. The number of ether oxygens (including phenoxy) is 1. The van der Waals surface area contributed by atoms with Gasteiger partial charge in [0.25, 0.3) is 0 Å². The number of nitrogens with one attached hydrogen (secondary N) is 1. The van der Waals surface area contributed by atoms with Gasteiger partial charge in [0, 0.05) is 37.3 Å². The van der Waals surface area contributed by atoms with Gasteiger partial charge in [-0.05, 0) is 59.5 Å². The molecule has 42 heavy (non-hydrogen) atoms. The summed E-state index contributed by atoms with van der Waals surface area (Å²) in [5, 5.41) is 4.92. The maximum atomic E-state index is 14.1. The number of halogens is 4. The summed E-state index contributed by atoms with van der Waals surface area (Å²) in [4.78, 5) is 29.5. The summed E-state index contributed by atoms with van der Waals surface area (Å²) < 4.78 is 5.51. The molecule has 0 aromatic heterocycles. The van der Waals surface area contributed by atoms with Gasteiger partial charge in [-0.25, -0.2) is 0 Å². The number of carbonyl (C=O) groups is 2. The lowest BCUT2D eigenvalue weighted by molar-refractivity contribution is -0.133. The molecule has 0 radical (unpaired) electrons. The lowest BCUT2D eigenvalue weighted by Crippen LogP contribution is -2.52. The standard InChI is InChI=1S/C32H31Cl4N3O3/c33-26-8-6-22(16-28(26)35)14-24-19-39(20-25(31(24)40)15-23-7-9-27(34)29(36)17-23)32(41)30(38-11-13-42-12-10-37)18-21-4-2-1-3-5-21/h1-9,14-17,30,38H,10-13,18-20,37H2/b24-14+,25-15+. The fourth-order valence-corrected chi connectivity index (χ4v) is 5.22. The van der Waals surface area contributed by atoms with Crippen LogP contribution < -0.4 is 11.1 Å². The van der Waals surface area contributed by atoms with E-state index < -0.39 is 6.04 Å². The molecule has 1 heterocycles. The van der Waals surface area contributed by atoms with E-state index in [1.807, 2.05) is 30.3 Å². The van der Waals surface area contributed by atoms with E-state index in [4.69, 9.17) is 56.9 Å². The van der Waals surface area contributed by atoms with Crippen LogP contribution in [0.4, 0.5) is 0 Å². The Hall–Kier alpha value is -2.68. The van der Waals surface area contributed by atoms with E-state index in [1.165, 1.54) is 0 Å². The fourth-order valence-electron chi connectivity index (χ4n) is 4.61. The highest BCUT2D eigenvalue weighted by molar-refractivity contribution is 6.42. The van der Waals surface area contributed by atoms with Gasteiger partial charge in [0.2, 0.25) is 5.91 Å². The number of benzene rings is 3. The number of Topliss-reactive ketones (excluding diaryl/α,β-unsaturated/α-hetero) is 1. The van der Waals surface area contributed by atoms with Crippen LogP contribution in [0, 0.1) is 0 Å². The van der Waals surface area contributed by atoms with Crippen LogP contribution in [0.1, 0.15) is 16.7 Å². The van der Waals surface area contributed by atoms with E-state index in [9.17, 15) is 9.59 Å². The average molecular weight is 647 g/mol. The molecule has 1 atom stereocenters. The minimum atomic E-state index is -0.542. The topological polar surface area (TPSA) is 84.7 Å². The molecule has 10 heteroatoms. The Labute approximate surface area is 266 Å². The zero-order chi connectivity index (χ0) is 30.1. The van der Waals surface area contributed by atoms with Crippen molar-refractivity contribution in [2.45, 2.75) is 12.5 Å². The van der Waals surface area contributed by atoms with Crippen molar-refractivity contribution in [3.05, 3.63) is 115 Å². The van der Waals surface area contributed by atoms with Crippen LogP contribution in [0.3, 0.4) is 0 Å². The monoisotopic (exact) mass is 645 g/mol. The zero-order valence-electron chi connectivity index (χ0n) is 22.8. The van der Waals surface area contributed by atoms with Crippen LogP contribution >= 0.6 is 46.4 Å². The Morgan fingerprint density at radius 2 is 1.43 bits per heavy atom. The van der Waals surface area contributed by atoms with E-state index in [-0.39, 0.29) is 24.8 Å². The molecule has 1 fully saturated rings. The number of rotatable bonds is 11. The highest BCUT2D eigenvalue weighted by Crippen LogP contribution is 2.28. The molecule has 1 unspecified atom stereocenters. The normalized spacial score (nSPS) is 16.3. The van der Waals surface area contributed by atoms with Crippen LogP contribution in [-0.4, -0.2) is 62.0 Å². The number of hydrogen-bond acceptors (Lipinski definition) is 5. The highest BCUT2D eigenvalue weighted by Gasteiger charge is 2.32. The molecule has 3 N–H and O–H groups in total. The van der Waals surface area contributed by atoms with E-state index in [2.05, 4.69) is 5.32 Å². The van der Waals surface area contributed by atoms with Crippen molar-refractivity contribution < 1.29 is 14.3 Å². The molecule has 1 amide bonds. The molecule has 0 saturated carbocycles. The molecular formula is C32H31Cl4N3O3. The van der Waals surface area contributed by atoms with Gasteiger partial charge in [-0.2, -0.15) is 0 Å². The Morgan fingerprint density at radius 3 is 1.95 bits per heavy atom. The van der Waals surface area contributed by atoms with Gasteiger partial charge in [-0.15, -0.1) is 0 Å². The average Bonchev–Trinajstić information content (AvgIpc) is 2.98. The van der Waals surface area contributed by atoms with Crippen LogP contribution in [0.2, 0.25) is 20.1 Å². The molecule has 3 aromatic rings. The van der Waals surface area contributed by atoms with Crippen molar-refractivity contribution in [2.75, 3.05) is 39.4 Å². The van der Waals surface area contributed by atoms with Crippen LogP contribution in [0.5, 0.6) is 0 Å². The first-order valence-corrected chi connectivity index (χ1v) is 15.0. The van der Waals surface area contributed by atoms with Gasteiger partial charge in [-0.3, -0.25) is 9.59 Å². The summed E-state index contributed by atoms with van der Waals surface area (Å²) in [7, 11) is 0. The summed E-state index contributed by atoms with van der Waals surface area (Å²) in [5.74, 6) is -0.302. The first-order valence-electron chi connectivity index (χ1n) is 13.4. The highest BCUT2D eigenvalue weighted by atomic mass is 35.5. The molecule has 6 nitrogen and oxygen atoms in total. The van der Waals surface area contributed by atoms with E-state index in [0.29, 0.717) is 75.1 Å². The second-order valence-electron chi connectivity index (χ2n) is 9.81. The van der Waals surface area contributed by atoms with Crippen LogP contribution in [0.15, 0.2) is 77.9 Å². The number of nitrogens with zero attached hydrogens (tertiary/aromatic N) is 1. The summed E-state index contributed by atoms with van der Waals surface area (Å²) in [6.45, 7) is 2.02. The van der Waals surface area contributed by atoms with E-state index in [1.54, 1.807) is 53.5 Å². The van der Waals surface area contributed by atoms with Crippen molar-refractivity contribution in [3.8, 4) is 0 Å². The van der Waals surface area contributed by atoms with E-state index >= 15 is 0 Å². The first kappa shape index (κ1) is 32.2. The predicted octanol–water partition coefficient (Wildman–Crippen LogP) is 6.35. The predicted molar refractivity (Wildman–Crippen MR) is 172 cm³/mol. The minimum Gasteiger partial charge on any atom is -0.379 e. The maximum absolute atomic E-state index is 14.1. The molecule has 4 rings (SSSR count). The fraction of sp³-hybridized carbons (Fsp3) is 0.250. The number of hydrogen-bond donors (Lipinski definition) is 2. The van der Waals surface area contributed by atoms with Crippen molar-refractivity contribution in [1.82, 2.24) is 10.2 Å². The number of piperidine rings is 1. The number of nitrogens with two attached hydrogens (primary N) is 1. The number of ketones is 1. The molecule has 0 spiro atoms. The van der Waals surface area contributed by atoms with E-state index in [0.717, 1.165) is 5.56 Å². The second-order valence-corrected chi connectivity index (χ2v) is 11.4. The van der Waals surface area contributed by atoms with Gasteiger partial charge < -0.3 is 20.7 Å². The van der Waals surface area contributed by atoms with Gasteiger partial charge in [0.05, 0.1) is 39.3 Å². The number of likely N-dealkylation sites (tertiary alicyclic amines) is 1. The van der Waals surface area contributed by atoms with Crippen molar-refractivity contribution in [3.63, 3.8) is 0 Å². The van der Waals surface area contributed by atoms with Crippen LogP contribution in [-0.2, 0) is 20.7 Å². The van der Waals surface area contributed by atoms with Crippen LogP contribution in [0.25, 0.3) is 12.2 Å². The van der Waals surface area contributed by atoms with Crippen molar-refractivity contribution >= 4 is 70.2 Å². The second kappa shape index (κ2) is 15.7. The smallest absolute Gasteiger partial charge is 0.240 e. The Kier molecular flexibility index (Phi) is 12.0. The van der Waals surface area contributed by atoms with Crippen molar-refractivity contribution in [2.24, 2.45) is 5.73 Å². The summed E-state index contributed by atoms with van der Waals surface area (Å²) in [6, 6.07) is 19.5. The third-order valence-corrected chi connectivity index (χ3v) is 8.14. The Balaban J connectivity index is 1.67. The van der Waals surface area contributed by atoms with Gasteiger partial charge >= 0.3 is 0 Å². The SMILES string of the molecule is NCCOCCNC(Cc1ccccc1)C(=O)N1C/C(=C\c2ccc(Cl)c(Cl)c2)C(=O)/C(=C/c2ccc(Cl)c(Cl)c2)C1. The largest absolute Gasteiger partial charge is 0.379 e. The summed E-state index contributed by atoms with van der Waals surface area (Å²) in [6.07, 6.45) is 3.96. The first-order chi connectivity index (χ1) is 20.2. The third-order valence-electron chi connectivity index (χ3n) is 6.67. The lowest BCUT2D eigenvalue weighted by Gasteiger charge is -2.33. The molecule has 1 aliphatic heterocycles. The Morgan fingerprint density at radius 1 is 0.857 bits per heavy atom. The molecule has 1 saturated heterocycles. The summed E-state index contributed by atoms with van der Waals surface area (Å²) >= 11 is 24.7. The summed E-state index contributed by atoms with van der Waals surface area (Å²) in [5.41, 5.74) is 8.83. The number of carbonyl (C=O) groups excluding carboxylic acids is 2. The van der Waals surface area contributed by atoms with Crippen molar-refractivity contribution in [1.29, 1.82) is 0 Å². The van der Waals surface area contributed by atoms with Gasteiger partial charge in [0.1, 0.15) is 0 Å². The lowest BCUT2D eigenvalue weighted by atomic mass is 9.93. The minimum absolute atomic E-state index is 0.132. The maximum Gasteiger partial charge on any atom is 0.240 e. The van der Waals surface area contributed by atoms with Gasteiger partial charge in [-0.1, -0.05) is 88.9 Å². The number of amides is 1. The third kappa shape index (κ3) is 8.91. The molecule has 0 aliphatic carbocycles. The zero-order valence-corrected chi connectivity index (χ0v) is 25.8.